The molecule has 0 spiro atoms. The van der Waals surface area contributed by atoms with Crippen LogP contribution in [-0.2, 0) is 35.5 Å². The van der Waals surface area contributed by atoms with Gasteiger partial charge in [-0.1, -0.05) is 73.2 Å². The first kappa shape index (κ1) is 37.6. The van der Waals surface area contributed by atoms with Gasteiger partial charge in [-0.05, 0) is 81.2 Å². The summed E-state index contributed by atoms with van der Waals surface area (Å²) in [5.41, 5.74) is 3.34. The van der Waals surface area contributed by atoms with Gasteiger partial charge in [-0.2, -0.15) is 12.7 Å². The zero-order valence-corrected chi connectivity index (χ0v) is 33.3. The highest BCUT2D eigenvalue weighted by Gasteiger charge is 2.51. The van der Waals surface area contributed by atoms with Crippen LogP contribution in [0, 0.1) is 0 Å². The van der Waals surface area contributed by atoms with E-state index >= 15 is 0 Å². The summed E-state index contributed by atoms with van der Waals surface area (Å²) < 4.78 is 49.2. The molecule has 0 radical (unpaired) electrons. The van der Waals surface area contributed by atoms with Crippen LogP contribution < -0.4 is 9.77 Å². The van der Waals surface area contributed by atoms with Gasteiger partial charge in [0, 0.05) is 43.6 Å². The number of imidazole rings is 1. The van der Waals surface area contributed by atoms with Crippen LogP contribution in [0.1, 0.15) is 39.1 Å². The summed E-state index contributed by atoms with van der Waals surface area (Å²) in [5.74, 6) is 0.148. The number of aromatic nitrogens is 2. The molecule has 0 bridgehead atoms. The largest absolute Gasteiger partial charge is 0.494 e. The zero-order chi connectivity index (χ0) is 36.9. The van der Waals surface area contributed by atoms with Crippen molar-refractivity contribution in [3.8, 4) is 16.9 Å². The third-order valence-corrected chi connectivity index (χ3v) is 13.6. The molecular formula is C36H43BCl2N4O6SSi. The van der Waals surface area contributed by atoms with Crippen molar-refractivity contribution in [1.82, 2.24) is 13.9 Å². The van der Waals surface area contributed by atoms with Gasteiger partial charge in [0.15, 0.2) is 0 Å². The highest BCUT2D eigenvalue weighted by Crippen LogP contribution is 2.37. The molecule has 2 aliphatic heterocycles. The lowest BCUT2D eigenvalue weighted by molar-refractivity contribution is -0.127. The van der Waals surface area contributed by atoms with Crippen molar-refractivity contribution in [2.24, 2.45) is 0 Å². The van der Waals surface area contributed by atoms with Crippen LogP contribution in [0.5, 0.6) is 0 Å². The van der Waals surface area contributed by atoms with Gasteiger partial charge in [-0.3, -0.25) is 4.79 Å². The molecule has 0 unspecified atom stereocenters. The Kier molecular flexibility index (Phi) is 10.3. The van der Waals surface area contributed by atoms with Crippen LogP contribution in [0.15, 0.2) is 72.9 Å². The molecule has 1 aromatic heterocycles. The third-order valence-electron chi connectivity index (χ3n) is 9.57. The Labute approximate surface area is 312 Å². The lowest BCUT2D eigenvalue weighted by Gasteiger charge is -2.32. The van der Waals surface area contributed by atoms with E-state index < -0.39 is 42.5 Å². The molecule has 15 heteroatoms. The average Bonchev–Trinajstić information content (AvgIpc) is 3.62. The van der Waals surface area contributed by atoms with E-state index in [-0.39, 0.29) is 13.3 Å². The maximum absolute atomic E-state index is 13.6. The minimum absolute atomic E-state index is 0.313. The van der Waals surface area contributed by atoms with Crippen molar-refractivity contribution in [3.63, 3.8) is 0 Å². The Morgan fingerprint density at radius 3 is 2.25 bits per heavy atom. The van der Waals surface area contributed by atoms with Crippen LogP contribution >= 0.6 is 23.2 Å². The van der Waals surface area contributed by atoms with Gasteiger partial charge in [-0.25, -0.2) is 9.29 Å². The SMILES string of the molecule is CC1(C)OB(c2ccc(Cc3nc(-c4ccc(Cl)cc4Cl)cn3-c3cccc(N4CC(=O)N(COCC[Si](C)(C)C)S4(=O)=O)c3)cc2)OC1(C)C. The van der Waals surface area contributed by atoms with Gasteiger partial charge in [0.1, 0.15) is 19.1 Å². The topological polar surface area (TPSA) is 103 Å². The first-order valence-electron chi connectivity index (χ1n) is 16.8. The third kappa shape index (κ3) is 7.95. The highest BCUT2D eigenvalue weighted by atomic mass is 35.5. The summed E-state index contributed by atoms with van der Waals surface area (Å²) in [6.07, 6.45) is 2.31. The van der Waals surface area contributed by atoms with E-state index in [4.69, 9.17) is 42.2 Å². The van der Waals surface area contributed by atoms with Crippen molar-refractivity contribution in [3.05, 3.63) is 94.4 Å². The Bertz CT molecular complexity index is 2040. The molecule has 2 aliphatic rings. The molecule has 2 fully saturated rings. The quantitative estimate of drug-likeness (QED) is 0.120. The van der Waals surface area contributed by atoms with E-state index in [1.165, 1.54) is 0 Å². The highest BCUT2D eigenvalue weighted by molar-refractivity contribution is 7.91. The standard InChI is InChI=1S/C36H43BCl2N4O6SSi/c1-35(2)36(3,4)49-37(48-35)26-13-11-25(12-14-26)19-33-40-32(30-16-15-27(38)20-31(30)39)22-41(33)28-9-8-10-29(21-28)42-23-34(44)43(50(42,45)46)24-47-17-18-51(5,6)7/h8-16,20-22H,17-19,23-24H2,1-7H3. The van der Waals surface area contributed by atoms with Crippen molar-refractivity contribution < 1.29 is 27.3 Å². The molecule has 1 amide bonds. The second-order valence-corrected chi connectivity index (χ2v) is 23.4. The Hall–Kier alpha value is -3.17. The summed E-state index contributed by atoms with van der Waals surface area (Å²) >= 11 is 12.8. The molecule has 4 aromatic rings. The second kappa shape index (κ2) is 14.0. The summed E-state index contributed by atoms with van der Waals surface area (Å²) in [7, 11) is -6.01. The Morgan fingerprint density at radius 2 is 1.61 bits per heavy atom. The van der Waals surface area contributed by atoms with E-state index in [1.54, 1.807) is 30.3 Å². The van der Waals surface area contributed by atoms with Crippen molar-refractivity contribution in [2.45, 2.75) is 71.0 Å². The molecule has 0 aliphatic carbocycles. The van der Waals surface area contributed by atoms with Gasteiger partial charge in [-0.15, -0.1) is 0 Å². The number of nitrogens with zero attached hydrogens (tertiary/aromatic N) is 4. The molecule has 0 saturated carbocycles. The average molecular weight is 770 g/mol. The van der Waals surface area contributed by atoms with Crippen molar-refractivity contribution in [1.29, 1.82) is 0 Å². The number of halogens is 2. The number of hydrogen-bond acceptors (Lipinski definition) is 7. The number of rotatable bonds is 11. The number of ether oxygens (including phenoxy) is 1. The molecular weight excluding hydrogens is 726 g/mol. The van der Waals surface area contributed by atoms with Crippen LogP contribution in [0.3, 0.4) is 0 Å². The number of anilines is 1. The van der Waals surface area contributed by atoms with Crippen molar-refractivity contribution >= 4 is 65.7 Å². The summed E-state index contributed by atoms with van der Waals surface area (Å²) in [6.45, 7) is 14.5. The molecule has 3 heterocycles. The second-order valence-electron chi connectivity index (χ2n) is 15.2. The molecule has 270 valence electrons. The van der Waals surface area contributed by atoms with Gasteiger partial charge in [0.2, 0.25) is 0 Å². The number of amides is 1. The van der Waals surface area contributed by atoms with E-state index in [0.717, 1.165) is 25.7 Å². The smallest absolute Gasteiger partial charge is 0.399 e. The lowest BCUT2D eigenvalue weighted by atomic mass is 9.79. The van der Waals surface area contributed by atoms with Crippen LogP contribution in [-0.4, -0.2) is 74.5 Å². The summed E-state index contributed by atoms with van der Waals surface area (Å²) in [6, 6.07) is 21.2. The minimum Gasteiger partial charge on any atom is -0.399 e. The first-order chi connectivity index (χ1) is 23.8. The predicted molar refractivity (Wildman–Crippen MR) is 206 cm³/mol. The summed E-state index contributed by atoms with van der Waals surface area (Å²) in [4.78, 5) is 17.9. The lowest BCUT2D eigenvalue weighted by Crippen LogP contribution is -2.41. The molecule has 10 nitrogen and oxygen atoms in total. The van der Waals surface area contributed by atoms with Crippen LogP contribution in [0.2, 0.25) is 35.7 Å². The van der Waals surface area contributed by atoms with E-state index in [0.29, 0.717) is 51.5 Å². The van der Waals surface area contributed by atoms with E-state index in [1.807, 2.05) is 74.9 Å². The fraction of sp³-hybridized carbons (Fsp3) is 0.389. The van der Waals surface area contributed by atoms with Gasteiger partial charge in [0.05, 0.1) is 27.6 Å². The van der Waals surface area contributed by atoms with E-state index in [2.05, 4.69) is 19.6 Å². The molecule has 0 N–H and O–H groups in total. The Morgan fingerprint density at radius 1 is 0.941 bits per heavy atom. The molecule has 51 heavy (non-hydrogen) atoms. The van der Waals surface area contributed by atoms with Crippen LogP contribution in [0.25, 0.3) is 16.9 Å². The fourth-order valence-electron chi connectivity index (χ4n) is 5.77. The number of hydrogen-bond donors (Lipinski definition) is 0. The van der Waals surface area contributed by atoms with Gasteiger partial charge < -0.3 is 18.6 Å². The fourth-order valence-corrected chi connectivity index (χ4v) is 8.44. The van der Waals surface area contributed by atoms with Crippen molar-refractivity contribution in [2.75, 3.05) is 24.2 Å². The monoisotopic (exact) mass is 768 g/mol. The normalized spacial score (nSPS) is 18.2. The first-order valence-corrected chi connectivity index (χ1v) is 22.7. The predicted octanol–water partition coefficient (Wildman–Crippen LogP) is 6.94. The van der Waals surface area contributed by atoms with E-state index in [9.17, 15) is 13.2 Å². The molecule has 0 atom stereocenters. The zero-order valence-electron chi connectivity index (χ0n) is 29.9. The summed E-state index contributed by atoms with van der Waals surface area (Å²) in [5, 5.41) is 0.961. The maximum atomic E-state index is 13.6. The van der Waals surface area contributed by atoms with Gasteiger partial charge in [0.25, 0.3) is 5.91 Å². The number of benzene rings is 3. The van der Waals surface area contributed by atoms with Crippen LogP contribution in [0.4, 0.5) is 5.69 Å². The Balaban J connectivity index is 1.30. The molecule has 3 aromatic carbocycles. The molecule has 6 rings (SSSR count). The molecule has 2 saturated heterocycles. The van der Waals surface area contributed by atoms with Gasteiger partial charge >= 0.3 is 17.3 Å². The number of carbonyl (C=O) groups excluding carboxylic acids is 1. The minimum atomic E-state index is -4.15. The maximum Gasteiger partial charge on any atom is 0.494 e. The number of carbonyl (C=O) groups is 1.